The van der Waals surface area contributed by atoms with E-state index in [-0.39, 0.29) is 11.8 Å². The van der Waals surface area contributed by atoms with Gasteiger partial charge in [-0.1, -0.05) is 61.3 Å². The normalized spacial score (nSPS) is 11.9. The molecule has 0 aliphatic carbocycles. The van der Waals surface area contributed by atoms with Gasteiger partial charge >= 0.3 is 0 Å². The van der Waals surface area contributed by atoms with Gasteiger partial charge in [-0.3, -0.25) is 9.59 Å². The number of benzene rings is 3. The molecule has 3 aromatic carbocycles. The van der Waals surface area contributed by atoms with Crippen LogP contribution in [-0.2, 0) is 11.4 Å². The molecule has 1 unspecified atom stereocenters. The van der Waals surface area contributed by atoms with Crippen LogP contribution in [0.4, 0.5) is 0 Å². The second kappa shape index (κ2) is 12.7. The Hall–Kier alpha value is -2.87. The second-order valence-corrected chi connectivity index (χ2v) is 9.69. The van der Waals surface area contributed by atoms with Crippen LogP contribution < -0.4 is 15.5 Å². The summed E-state index contributed by atoms with van der Waals surface area (Å²) in [5.74, 6) is -0.204. The largest absolute Gasteiger partial charge is 0.488 e. The third kappa shape index (κ3) is 7.82. The first kappa shape index (κ1) is 26.7. The van der Waals surface area contributed by atoms with Crippen molar-refractivity contribution in [1.29, 1.82) is 0 Å². The van der Waals surface area contributed by atoms with Crippen LogP contribution in [0.3, 0.4) is 0 Å². The van der Waals surface area contributed by atoms with E-state index in [1.165, 1.54) is 6.21 Å². The van der Waals surface area contributed by atoms with Crippen molar-refractivity contribution >= 4 is 57.2 Å². The minimum absolute atomic E-state index is 0.126. The van der Waals surface area contributed by atoms with Crippen molar-refractivity contribution in [2.24, 2.45) is 11.0 Å². The molecule has 9 heteroatoms. The molecule has 0 heterocycles. The number of hydrogen-bond donors (Lipinski definition) is 2. The fourth-order valence-electron chi connectivity index (χ4n) is 3.09. The summed E-state index contributed by atoms with van der Waals surface area (Å²) in [7, 11) is 0. The van der Waals surface area contributed by atoms with Gasteiger partial charge in [0.1, 0.15) is 18.4 Å². The number of hydrazone groups is 1. The molecule has 0 fully saturated rings. The van der Waals surface area contributed by atoms with Crippen LogP contribution in [0, 0.1) is 5.92 Å². The van der Waals surface area contributed by atoms with Crippen molar-refractivity contribution in [2.75, 3.05) is 0 Å². The lowest BCUT2D eigenvalue weighted by molar-refractivity contribution is -0.123. The Morgan fingerprint density at radius 3 is 2.43 bits per heavy atom. The van der Waals surface area contributed by atoms with Gasteiger partial charge in [0.25, 0.3) is 11.8 Å². The van der Waals surface area contributed by atoms with Crippen LogP contribution in [-0.4, -0.2) is 24.1 Å². The Morgan fingerprint density at radius 2 is 1.77 bits per heavy atom. The van der Waals surface area contributed by atoms with Crippen molar-refractivity contribution < 1.29 is 14.3 Å². The smallest absolute Gasteiger partial charge is 0.262 e. The van der Waals surface area contributed by atoms with Gasteiger partial charge in [0.05, 0.1) is 20.7 Å². The highest BCUT2D eigenvalue weighted by molar-refractivity contribution is 9.10. The second-order valence-electron chi connectivity index (χ2n) is 8.02. The summed E-state index contributed by atoms with van der Waals surface area (Å²) in [5.41, 5.74) is 4.62. The van der Waals surface area contributed by atoms with Crippen LogP contribution in [0.25, 0.3) is 0 Å². The highest BCUT2D eigenvalue weighted by Gasteiger charge is 2.24. The van der Waals surface area contributed by atoms with Gasteiger partial charge in [0, 0.05) is 5.56 Å². The molecule has 0 radical (unpaired) electrons. The van der Waals surface area contributed by atoms with Crippen LogP contribution in [0.1, 0.15) is 35.3 Å². The average Bonchev–Trinajstić information content (AvgIpc) is 2.84. The summed E-state index contributed by atoms with van der Waals surface area (Å²) in [6.07, 6.45) is 1.52. The zero-order valence-electron chi connectivity index (χ0n) is 19.1. The number of carbonyl (C=O) groups excluding carboxylic acids is 2. The fourth-order valence-corrected chi connectivity index (χ4v) is 3.93. The lowest BCUT2D eigenvalue weighted by Crippen LogP contribution is -2.48. The lowest BCUT2D eigenvalue weighted by Gasteiger charge is -2.20. The monoisotopic (exact) mass is 575 g/mol. The van der Waals surface area contributed by atoms with Gasteiger partial charge in [-0.2, -0.15) is 5.10 Å². The number of carbonyl (C=O) groups is 2. The van der Waals surface area contributed by atoms with Gasteiger partial charge in [-0.15, -0.1) is 0 Å². The van der Waals surface area contributed by atoms with Crippen molar-refractivity contribution in [3.05, 3.63) is 97.9 Å². The molecule has 3 aromatic rings. The molecule has 0 saturated heterocycles. The van der Waals surface area contributed by atoms with E-state index in [4.69, 9.17) is 27.9 Å². The van der Waals surface area contributed by atoms with Gasteiger partial charge in [0.2, 0.25) is 0 Å². The van der Waals surface area contributed by atoms with Crippen LogP contribution in [0.15, 0.2) is 76.3 Å². The molecule has 35 heavy (non-hydrogen) atoms. The summed E-state index contributed by atoms with van der Waals surface area (Å²) in [4.78, 5) is 25.1. The first-order chi connectivity index (χ1) is 16.7. The first-order valence-electron chi connectivity index (χ1n) is 10.8. The van der Waals surface area contributed by atoms with E-state index >= 15 is 0 Å². The summed E-state index contributed by atoms with van der Waals surface area (Å²) < 4.78 is 6.57. The number of nitrogens with zero attached hydrogens (tertiary/aromatic N) is 1. The average molecular weight is 577 g/mol. The molecule has 2 amide bonds. The summed E-state index contributed by atoms with van der Waals surface area (Å²) in [6.45, 7) is 4.03. The van der Waals surface area contributed by atoms with E-state index < -0.39 is 11.9 Å². The Labute approximate surface area is 222 Å². The third-order valence-electron chi connectivity index (χ3n) is 4.99. The molecule has 0 aromatic heterocycles. The minimum Gasteiger partial charge on any atom is -0.488 e. The molecule has 0 saturated carbocycles. The van der Waals surface area contributed by atoms with E-state index in [2.05, 4.69) is 31.8 Å². The standard InChI is InChI=1S/C26H24BrCl2N3O3/c1-16(2)24(31-25(33)19-6-4-3-5-7-19)26(34)32-30-14-17-9-11-23(20(27)12-17)35-15-18-8-10-21(28)22(29)13-18/h3-14,16,24H,15H2,1-2H3,(H,31,33)(H,32,34). The van der Waals surface area contributed by atoms with Gasteiger partial charge in [-0.05, 0) is 75.4 Å². The molecular weight excluding hydrogens is 553 g/mol. The van der Waals surface area contributed by atoms with E-state index in [1.54, 1.807) is 42.5 Å². The number of nitrogens with one attached hydrogen (secondary N) is 2. The molecule has 2 N–H and O–H groups in total. The van der Waals surface area contributed by atoms with E-state index in [0.717, 1.165) is 15.6 Å². The Kier molecular flexibility index (Phi) is 9.72. The molecule has 182 valence electrons. The van der Waals surface area contributed by atoms with Gasteiger partial charge in [0.15, 0.2) is 0 Å². The molecule has 0 spiro atoms. The molecular formula is C26H24BrCl2N3O3. The molecule has 0 aliphatic heterocycles. The maximum absolute atomic E-state index is 12.6. The predicted molar refractivity (Wildman–Crippen MR) is 143 cm³/mol. The Bertz CT molecular complexity index is 1220. The van der Waals surface area contributed by atoms with Crippen molar-refractivity contribution in [3.63, 3.8) is 0 Å². The maximum Gasteiger partial charge on any atom is 0.262 e. The highest BCUT2D eigenvalue weighted by Crippen LogP contribution is 2.28. The summed E-state index contributed by atoms with van der Waals surface area (Å²) in [6, 6.07) is 18.8. The van der Waals surface area contributed by atoms with Gasteiger partial charge in [-0.25, -0.2) is 5.43 Å². The zero-order chi connectivity index (χ0) is 25.4. The molecule has 0 bridgehead atoms. The zero-order valence-corrected chi connectivity index (χ0v) is 22.2. The van der Waals surface area contributed by atoms with E-state index in [1.807, 2.05) is 38.1 Å². The SMILES string of the molecule is CC(C)C(NC(=O)c1ccccc1)C(=O)NN=Cc1ccc(OCc2ccc(Cl)c(Cl)c2)c(Br)c1. The summed E-state index contributed by atoms with van der Waals surface area (Å²) >= 11 is 15.5. The van der Waals surface area contributed by atoms with Crippen LogP contribution in [0.5, 0.6) is 5.75 Å². The molecule has 0 aliphatic rings. The van der Waals surface area contributed by atoms with Crippen molar-refractivity contribution in [1.82, 2.24) is 10.7 Å². The number of ether oxygens (including phenoxy) is 1. The van der Waals surface area contributed by atoms with Crippen molar-refractivity contribution in [2.45, 2.75) is 26.5 Å². The Balaban J connectivity index is 1.57. The topological polar surface area (TPSA) is 79.8 Å². The van der Waals surface area contributed by atoms with Crippen molar-refractivity contribution in [3.8, 4) is 5.75 Å². The fraction of sp³-hybridized carbons (Fsp3) is 0.192. The number of halogens is 3. The molecule has 1 atom stereocenters. The van der Waals surface area contributed by atoms with E-state index in [0.29, 0.717) is 28.0 Å². The molecule has 3 rings (SSSR count). The maximum atomic E-state index is 12.6. The van der Waals surface area contributed by atoms with Gasteiger partial charge < -0.3 is 10.1 Å². The minimum atomic E-state index is -0.733. The van der Waals surface area contributed by atoms with Crippen LogP contribution in [0.2, 0.25) is 10.0 Å². The summed E-state index contributed by atoms with van der Waals surface area (Å²) in [5, 5.41) is 7.77. The number of rotatable bonds is 9. The Morgan fingerprint density at radius 1 is 1.03 bits per heavy atom. The number of amides is 2. The van der Waals surface area contributed by atoms with Crippen LogP contribution >= 0.6 is 39.1 Å². The van der Waals surface area contributed by atoms with E-state index in [9.17, 15) is 9.59 Å². The number of hydrogen-bond acceptors (Lipinski definition) is 4. The molecule has 6 nitrogen and oxygen atoms in total. The highest BCUT2D eigenvalue weighted by atomic mass is 79.9. The predicted octanol–water partition coefficient (Wildman–Crippen LogP) is 6.24. The third-order valence-corrected chi connectivity index (χ3v) is 6.35. The lowest BCUT2D eigenvalue weighted by atomic mass is 10.0. The first-order valence-corrected chi connectivity index (χ1v) is 12.3. The quantitative estimate of drug-likeness (QED) is 0.234.